The first kappa shape index (κ1) is 37.4. The first-order valence-electron chi connectivity index (χ1n) is 17.2. The Morgan fingerprint density at radius 1 is 0.526 bits per heavy atom. The average molecular weight is 540 g/mol. The normalized spacial score (nSPS) is 13.1. The van der Waals surface area contributed by atoms with Crippen LogP contribution in [0.2, 0.25) is 0 Å². The molecule has 4 heteroatoms. The standard InChI is InChI=1S/C34H69NO3/c1-3-5-7-9-11-13-15-17-19-21-23-25-27-29-33(37)32(31-36)35-34(38)30-28-26-24-22-20-18-16-14-12-10-8-6-4-2/h32-33,36-37H,3-31H2,1-2H3,(H,35,38)/t32-,33+/m0/s1. The van der Waals surface area contributed by atoms with Crippen molar-refractivity contribution in [3.05, 3.63) is 0 Å². The van der Waals surface area contributed by atoms with Crippen molar-refractivity contribution in [1.29, 1.82) is 0 Å². The predicted octanol–water partition coefficient (Wildman–Crippen LogP) is 9.79. The van der Waals surface area contributed by atoms with Gasteiger partial charge in [-0.05, 0) is 12.8 Å². The molecule has 0 aliphatic rings. The zero-order chi connectivity index (χ0) is 27.9. The third kappa shape index (κ3) is 27.0. The molecule has 0 aliphatic carbocycles. The molecule has 0 radical (unpaired) electrons. The van der Waals surface area contributed by atoms with Gasteiger partial charge in [0.25, 0.3) is 0 Å². The average Bonchev–Trinajstić information content (AvgIpc) is 2.92. The lowest BCUT2D eigenvalue weighted by Gasteiger charge is -2.22. The van der Waals surface area contributed by atoms with Crippen LogP contribution in [-0.2, 0) is 4.79 Å². The van der Waals surface area contributed by atoms with Crippen molar-refractivity contribution >= 4 is 5.91 Å². The summed E-state index contributed by atoms with van der Waals surface area (Å²) in [5.41, 5.74) is 0. The molecule has 0 saturated carbocycles. The molecule has 38 heavy (non-hydrogen) atoms. The Hall–Kier alpha value is -0.610. The molecule has 0 bridgehead atoms. The quantitative estimate of drug-likeness (QED) is 0.0768. The summed E-state index contributed by atoms with van der Waals surface area (Å²) >= 11 is 0. The van der Waals surface area contributed by atoms with E-state index in [1.54, 1.807) is 0 Å². The third-order valence-electron chi connectivity index (χ3n) is 8.12. The highest BCUT2D eigenvalue weighted by Crippen LogP contribution is 2.15. The lowest BCUT2D eigenvalue weighted by molar-refractivity contribution is -0.123. The lowest BCUT2D eigenvalue weighted by atomic mass is 10.0. The van der Waals surface area contributed by atoms with Gasteiger partial charge in [0.2, 0.25) is 5.91 Å². The van der Waals surface area contributed by atoms with Gasteiger partial charge in [-0.2, -0.15) is 0 Å². The first-order valence-corrected chi connectivity index (χ1v) is 17.2. The van der Waals surface area contributed by atoms with Gasteiger partial charge in [-0.25, -0.2) is 0 Å². The summed E-state index contributed by atoms with van der Waals surface area (Å²) in [7, 11) is 0. The van der Waals surface area contributed by atoms with Crippen LogP contribution in [-0.4, -0.2) is 34.9 Å². The molecular weight excluding hydrogens is 470 g/mol. The number of carbonyl (C=O) groups is 1. The van der Waals surface area contributed by atoms with E-state index in [4.69, 9.17) is 0 Å². The molecule has 3 N–H and O–H groups in total. The predicted molar refractivity (Wildman–Crippen MR) is 166 cm³/mol. The van der Waals surface area contributed by atoms with E-state index in [0.29, 0.717) is 12.8 Å². The number of hydrogen-bond donors (Lipinski definition) is 3. The Morgan fingerprint density at radius 3 is 1.18 bits per heavy atom. The molecule has 0 aromatic rings. The van der Waals surface area contributed by atoms with E-state index < -0.39 is 12.1 Å². The number of carbonyl (C=O) groups excluding carboxylic acids is 1. The second-order valence-electron chi connectivity index (χ2n) is 11.9. The molecule has 0 spiro atoms. The molecule has 0 rings (SSSR count). The van der Waals surface area contributed by atoms with Crippen molar-refractivity contribution in [3.63, 3.8) is 0 Å². The van der Waals surface area contributed by atoms with Crippen LogP contribution in [0.5, 0.6) is 0 Å². The molecule has 0 aromatic carbocycles. The van der Waals surface area contributed by atoms with E-state index >= 15 is 0 Å². The van der Waals surface area contributed by atoms with Gasteiger partial charge in [-0.15, -0.1) is 0 Å². The Morgan fingerprint density at radius 2 is 0.842 bits per heavy atom. The van der Waals surface area contributed by atoms with Gasteiger partial charge in [0, 0.05) is 6.42 Å². The van der Waals surface area contributed by atoms with Gasteiger partial charge < -0.3 is 15.5 Å². The number of amides is 1. The lowest BCUT2D eigenvalue weighted by Crippen LogP contribution is -2.45. The van der Waals surface area contributed by atoms with Crippen molar-refractivity contribution in [2.45, 2.75) is 206 Å². The maximum Gasteiger partial charge on any atom is 0.220 e. The van der Waals surface area contributed by atoms with E-state index in [9.17, 15) is 15.0 Å². The van der Waals surface area contributed by atoms with Crippen LogP contribution >= 0.6 is 0 Å². The molecule has 1 amide bonds. The Kier molecular flexibility index (Phi) is 30.4. The van der Waals surface area contributed by atoms with E-state index in [-0.39, 0.29) is 12.5 Å². The van der Waals surface area contributed by atoms with Crippen molar-refractivity contribution in [2.24, 2.45) is 0 Å². The molecule has 0 heterocycles. The number of aliphatic hydroxyl groups is 2. The Labute approximate surface area is 238 Å². The number of hydrogen-bond acceptors (Lipinski definition) is 3. The molecule has 0 unspecified atom stereocenters. The van der Waals surface area contributed by atoms with Crippen LogP contribution in [0.15, 0.2) is 0 Å². The maximum atomic E-state index is 12.3. The molecule has 0 aromatic heterocycles. The summed E-state index contributed by atoms with van der Waals surface area (Å²) in [6, 6.07) is -0.526. The number of aliphatic hydroxyl groups excluding tert-OH is 2. The zero-order valence-electron chi connectivity index (χ0n) is 26.0. The van der Waals surface area contributed by atoms with Gasteiger partial charge in [0.15, 0.2) is 0 Å². The number of unbranched alkanes of at least 4 members (excludes halogenated alkanes) is 24. The van der Waals surface area contributed by atoms with Crippen LogP contribution in [0.4, 0.5) is 0 Å². The number of rotatable bonds is 31. The fourth-order valence-corrected chi connectivity index (χ4v) is 5.42. The Bertz CT molecular complexity index is 471. The molecule has 4 nitrogen and oxygen atoms in total. The van der Waals surface area contributed by atoms with Crippen molar-refractivity contribution in [3.8, 4) is 0 Å². The van der Waals surface area contributed by atoms with Crippen LogP contribution in [0.3, 0.4) is 0 Å². The summed E-state index contributed by atoms with van der Waals surface area (Å²) in [6.07, 6.45) is 34.3. The monoisotopic (exact) mass is 540 g/mol. The summed E-state index contributed by atoms with van der Waals surface area (Å²) in [6.45, 7) is 4.35. The maximum absolute atomic E-state index is 12.3. The van der Waals surface area contributed by atoms with Crippen LogP contribution in [0.1, 0.15) is 194 Å². The van der Waals surface area contributed by atoms with Crippen LogP contribution in [0, 0.1) is 0 Å². The fraction of sp³-hybridized carbons (Fsp3) is 0.971. The van der Waals surface area contributed by atoms with Gasteiger partial charge in [-0.1, -0.05) is 174 Å². The van der Waals surface area contributed by atoms with Gasteiger partial charge in [-0.3, -0.25) is 4.79 Å². The van der Waals surface area contributed by atoms with Crippen LogP contribution in [0.25, 0.3) is 0 Å². The van der Waals surface area contributed by atoms with Crippen molar-refractivity contribution in [1.82, 2.24) is 5.32 Å². The van der Waals surface area contributed by atoms with Crippen molar-refractivity contribution in [2.75, 3.05) is 6.61 Å². The van der Waals surface area contributed by atoms with E-state index in [1.807, 2.05) is 0 Å². The van der Waals surface area contributed by atoms with Gasteiger partial charge >= 0.3 is 0 Å². The zero-order valence-corrected chi connectivity index (χ0v) is 26.0. The van der Waals surface area contributed by atoms with E-state index in [2.05, 4.69) is 19.2 Å². The highest BCUT2D eigenvalue weighted by molar-refractivity contribution is 5.76. The smallest absolute Gasteiger partial charge is 0.220 e. The van der Waals surface area contributed by atoms with Gasteiger partial charge in [0.05, 0.1) is 18.8 Å². The van der Waals surface area contributed by atoms with Gasteiger partial charge in [0.1, 0.15) is 0 Å². The summed E-state index contributed by atoms with van der Waals surface area (Å²) in [4.78, 5) is 12.3. The summed E-state index contributed by atoms with van der Waals surface area (Å²) < 4.78 is 0. The minimum absolute atomic E-state index is 0.0310. The SMILES string of the molecule is CCCCCCCCCCCCCCCC(=O)N[C@@H](CO)[C@H](O)CCCCCCCCCCCCCCC. The molecule has 2 atom stereocenters. The largest absolute Gasteiger partial charge is 0.394 e. The Balaban J connectivity index is 3.55. The fourth-order valence-electron chi connectivity index (χ4n) is 5.42. The minimum atomic E-state index is -0.650. The topological polar surface area (TPSA) is 69.6 Å². The summed E-state index contributed by atoms with van der Waals surface area (Å²) in [5.74, 6) is -0.0310. The molecule has 0 fully saturated rings. The molecular formula is C34H69NO3. The molecule has 0 saturated heterocycles. The van der Waals surface area contributed by atoms with Crippen molar-refractivity contribution < 1.29 is 15.0 Å². The van der Waals surface area contributed by atoms with E-state index in [0.717, 1.165) is 25.7 Å². The number of nitrogens with one attached hydrogen (secondary N) is 1. The third-order valence-corrected chi connectivity index (χ3v) is 8.12. The van der Waals surface area contributed by atoms with E-state index in [1.165, 1.54) is 141 Å². The molecule has 0 aliphatic heterocycles. The highest BCUT2D eigenvalue weighted by Gasteiger charge is 2.19. The minimum Gasteiger partial charge on any atom is -0.394 e. The molecule has 228 valence electrons. The second-order valence-corrected chi connectivity index (χ2v) is 11.9. The first-order chi connectivity index (χ1) is 18.7. The second kappa shape index (κ2) is 30.9. The summed E-state index contributed by atoms with van der Waals surface area (Å²) in [5, 5.41) is 23.0. The highest BCUT2D eigenvalue weighted by atomic mass is 16.3. The van der Waals surface area contributed by atoms with Crippen LogP contribution < -0.4 is 5.32 Å².